The molecule has 12 heteroatoms. The zero-order chi connectivity index (χ0) is 29.3. The van der Waals surface area contributed by atoms with Gasteiger partial charge in [0, 0.05) is 33.2 Å². The molecule has 0 aliphatic heterocycles. The fourth-order valence-electron chi connectivity index (χ4n) is 2.42. The summed E-state index contributed by atoms with van der Waals surface area (Å²) < 4.78 is 37.4. The maximum absolute atomic E-state index is 11.9. The van der Waals surface area contributed by atoms with Gasteiger partial charge >= 0.3 is 12.2 Å². The molecule has 0 heterocycles. The number of hydrogen-bond donors (Lipinski definition) is 4. The van der Waals surface area contributed by atoms with E-state index in [0.29, 0.717) is 6.54 Å². The second kappa shape index (κ2) is 16.5. The van der Waals surface area contributed by atoms with Gasteiger partial charge in [-0.2, -0.15) is 12.7 Å². The van der Waals surface area contributed by atoms with E-state index in [4.69, 9.17) is 15.2 Å². The van der Waals surface area contributed by atoms with Gasteiger partial charge in [-0.05, 0) is 52.4 Å². The second-order valence-corrected chi connectivity index (χ2v) is 15.0. The summed E-state index contributed by atoms with van der Waals surface area (Å²) in [5.41, 5.74) is 4.14. The zero-order valence-corrected chi connectivity index (χ0v) is 25.8. The lowest BCUT2D eigenvalue weighted by Crippen LogP contribution is -2.52. The molecule has 0 spiro atoms. The molecule has 38 heavy (non-hydrogen) atoms. The van der Waals surface area contributed by atoms with Crippen LogP contribution in [0.25, 0.3) is 0 Å². The molecule has 0 aromatic heterocycles. The second-order valence-electron chi connectivity index (χ2n) is 13.0. The van der Waals surface area contributed by atoms with Crippen molar-refractivity contribution in [1.29, 1.82) is 0 Å². The predicted molar refractivity (Wildman–Crippen MR) is 158 cm³/mol. The number of hydrogen-bond acceptors (Lipinski definition) is 7. The van der Waals surface area contributed by atoms with Crippen LogP contribution in [-0.2, 0) is 19.7 Å². The maximum atomic E-state index is 11.9. The minimum Gasteiger partial charge on any atom is -0.444 e. The highest BCUT2D eigenvalue weighted by atomic mass is 32.2. The number of rotatable bonds is 7. The van der Waals surface area contributed by atoms with Gasteiger partial charge in [0.2, 0.25) is 0 Å². The van der Waals surface area contributed by atoms with Crippen LogP contribution in [0.15, 0.2) is 0 Å². The van der Waals surface area contributed by atoms with Crippen LogP contribution in [0.1, 0.15) is 97.9 Å². The van der Waals surface area contributed by atoms with Gasteiger partial charge in [0.25, 0.3) is 10.2 Å². The van der Waals surface area contributed by atoms with E-state index >= 15 is 0 Å². The first-order valence-electron chi connectivity index (χ1n) is 12.1. The van der Waals surface area contributed by atoms with Gasteiger partial charge in [-0.15, -0.1) is 0 Å². The number of alkyl carbamates (subject to hydrolysis) is 2. The van der Waals surface area contributed by atoms with Gasteiger partial charge in [-0.25, -0.2) is 14.3 Å². The van der Waals surface area contributed by atoms with Crippen LogP contribution in [0.5, 0.6) is 0 Å². The van der Waals surface area contributed by atoms with Crippen LogP contribution in [0, 0.1) is 10.8 Å². The number of amides is 2. The lowest BCUT2D eigenvalue weighted by atomic mass is 9.87. The van der Waals surface area contributed by atoms with Gasteiger partial charge in [-0.3, -0.25) is 0 Å². The summed E-state index contributed by atoms with van der Waals surface area (Å²) in [6.45, 7) is 23.1. The Bertz CT molecular complexity index is 789. The monoisotopic (exact) mass is 571 g/mol. The minimum atomic E-state index is -3.53. The first-order valence-corrected chi connectivity index (χ1v) is 13.5. The van der Waals surface area contributed by atoms with Crippen molar-refractivity contribution in [3.8, 4) is 0 Å². The molecule has 2 atom stereocenters. The van der Waals surface area contributed by atoms with E-state index in [0.717, 1.165) is 4.31 Å². The third-order valence-electron chi connectivity index (χ3n) is 4.66. The summed E-state index contributed by atoms with van der Waals surface area (Å²) in [4.78, 5) is 23.3. The highest BCUT2D eigenvalue weighted by molar-refractivity contribution is 7.87. The highest BCUT2D eigenvalue weighted by Gasteiger charge is 2.30. The summed E-state index contributed by atoms with van der Waals surface area (Å²) in [7, 11) is -0.653. The van der Waals surface area contributed by atoms with Crippen molar-refractivity contribution in [2.24, 2.45) is 16.6 Å². The smallest absolute Gasteiger partial charge is 0.407 e. The molecule has 0 aromatic rings. The third-order valence-corrected chi connectivity index (χ3v) is 6.15. The fraction of sp³-hybridized carbons (Fsp3) is 0.923. The molecular weight excluding hydrogens is 510 g/mol. The number of nitrogens with zero attached hydrogens (tertiary/aromatic N) is 1. The van der Waals surface area contributed by atoms with Gasteiger partial charge < -0.3 is 25.8 Å². The molecule has 0 saturated heterocycles. The number of carbonyl (C=O) groups excluding carboxylic acids is 2. The molecule has 0 fully saturated rings. The number of carbonyl (C=O) groups is 2. The van der Waals surface area contributed by atoms with Crippen LogP contribution in [0.4, 0.5) is 9.59 Å². The van der Waals surface area contributed by atoms with E-state index in [1.165, 1.54) is 14.1 Å². The third kappa shape index (κ3) is 21.3. The van der Waals surface area contributed by atoms with Gasteiger partial charge in [-0.1, -0.05) is 56.4 Å². The number of nitrogens with one attached hydrogen (secondary N) is 3. The van der Waals surface area contributed by atoms with Crippen molar-refractivity contribution in [1.82, 2.24) is 19.7 Å². The first-order chi connectivity index (χ1) is 15.7. The first kappa shape index (κ1) is 43.4. The average Bonchev–Trinajstić information content (AvgIpc) is 2.58. The average molecular weight is 572 g/mol. The maximum Gasteiger partial charge on any atom is 0.407 e. The molecule has 11 nitrogen and oxygen atoms in total. The van der Waals surface area contributed by atoms with Gasteiger partial charge in [0.15, 0.2) is 0 Å². The Morgan fingerprint density at radius 3 is 1.29 bits per heavy atom. The molecule has 0 radical (unpaired) electrons. The van der Waals surface area contributed by atoms with Crippen molar-refractivity contribution >= 4 is 22.4 Å². The molecule has 5 N–H and O–H groups in total. The minimum absolute atomic E-state index is 0. The van der Waals surface area contributed by atoms with Crippen molar-refractivity contribution in [3.05, 3.63) is 0 Å². The van der Waals surface area contributed by atoms with Gasteiger partial charge in [0.05, 0.1) is 6.04 Å². The van der Waals surface area contributed by atoms with Crippen LogP contribution >= 0.6 is 0 Å². The van der Waals surface area contributed by atoms with E-state index in [2.05, 4.69) is 15.4 Å². The predicted octanol–water partition coefficient (Wildman–Crippen LogP) is 4.48. The summed E-state index contributed by atoms with van der Waals surface area (Å²) in [5, 5.41) is 5.50. The standard InChI is InChI=1S/C13H29N3O4S.C11H24N2O2.2CH4/c1-12(2,3)10(9-14-21(18,19)16(7)8)15-11(17)20-13(4,5)6;1-10(2,3)8(7-12)13-9(14)15-11(4,5)6;;/h10,14H,9H2,1-8H3,(H,15,17);8H,7,12H2,1-6H3,(H,13,14);2*1H4/t10-;8-;;/m11../s1. The topological polar surface area (TPSA) is 152 Å². The van der Waals surface area contributed by atoms with Crippen LogP contribution in [0.3, 0.4) is 0 Å². The van der Waals surface area contributed by atoms with Crippen LogP contribution in [-0.4, -0.2) is 75.4 Å². The van der Waals surface area contributed by atoms with Gasteiger partial charge in [0.1, 0.15) is 11.2 Å². The molecule has 0 unspecified atom stereocenters. The number of ether oxygens (including phenoxy) is 2. The molecule has 0 rings (SSSR count). The normalized spacial score (nSPS) is 14.0. The molecule has 0 saturated carbocycles. The van der Waals surface area contributed by atoms with Crippen LogP contribution < -0.4 is 21.1 Å². The Balaban J connectivity index is -0.000000303. The Kier molecular flexibility index (Phi) is 18.8. The van der Waals surface area contributed by atoms with Crippen molar-refractivity contribution in [2.75, 3.05) is 27.2 Å². The largest absolute Gasteiger partial charge is 0.444 e. The summed E-state index contributed by atoms with van der Waals surface area (Å²) >= 11 is 0. The summed E-state index contributed by atoms with van der Waals surface area (Å²) in [6, 6.07) is -0.477. The Morgan fingerprint density at radius 2 is 1.05 bits per heavy atom. The van der Waals surface area contributed by atoms with E-state index in [-0.39, 0.29) is 38.3 Å². The summed E-state index contributed by atoms with van der Waals surface area (Å²) in [6.07, 6.45) is -0.973. The lowest BCUT2D eigenvalue weighted by molar-refractivity contribution is 0.0456. The molecule has 0 aliphatic carbocycles. The Morgan fingerprint density at radius 1 is 0.737 bits per heavy atom. The number of nitrogens with two attached hydrogens (primary N) is 1. The van der Waals surface area contributed by atoms with Crippen molar-refractivity contribution in [2.45, 2.75) is 121 Å². The molecule has 232 valence electrons. The Hall–Kier alpha value is -1.63. The quantitative estimate of drug-likeness (QED) is 0.351. The SMILES string of the molecule is C.C.CC(C)(C)OC(=O)N[C@H](CN)C(C)(C)C.CN(C)S(=O)(=O)NC[C@@H](NC(=O)OC(C)(C)C)C(C)(C)C. The zero-order valence-electron chi connectivity index (χ0n) is 25.0. The van der Waals surface area contributed by atoms with E-state index in [9.17, 15) is 18.0 Å². The van der Waals surface area contributed by atoms with E-state index in [1.54, 1.807) is 20.8 Å². The molecular formula is C26H61N5O6S. The van der Waals surface area contributed by atoms with E-state index < -0.39 is 39.6 Å². The fourth-order valence-corrected chi connectivity index (χ4v) is 3.06. The highest BCUT2D eigenvalue weighted by Crippen LogP contribution is 2.20. The lowest BCUT2D eigenvalue weighted by Gasteiger charge is -2.32. The molecule has 0 aromatic carbocycles. The summed E-state index contributed by atoms with van der Waals surface area (Å²) in [5.74, 6) is 0. The van der Waals surface area contributed by atoms with Crippen LogP contribution in [0.2, 0.25) is 0 Å². The van der Waals surface area contributed by atoms with Crippen molar-refractivity contribution in [3.63, 3.8) is 0 Å². The molecule has 0 bridgehead atoms. The Labute approximate surface area is 234 Å². The molecule has 0 aliphatic rings. The van der Waals surface area contributed by atoms with Crippen molar-refractivity contribution < 1.29 is 27.5 Å². The van der Waals surface area contributed by atoms with E-state index in [1.807, 2.05) is 62.3 Å². The molecule has 2 amide bonds.